The molecule has 2 heterocycles. The summed E-state index contributed by atoms with van der Waals surface area (Å²) in [6, 6.07) is 11.8. The molecule has 2 N–H and O–H groups in total. The first kappa shape index (κ1) is 17.3. The minimum absolute atomic E-state index is 0.135. The van der Waals surface area contributed by atoms with Gasteiger partial charge in [0.25, 0.3) is 5.91 Å². The molecular formula is C18H18FN3O2S. The normalized spacial score (nSPS) is 10.8. The van der Waals surface area contributed by atoms with Crippen molar-refractivity contribution in [2.24, 2.45) is 0 Å². The van der Waals surface area contributed by atoms with Crippen LogP contribution in [0.5, 0.6) is 0 Å². The van der Waals surface area contributed by atoms with Crippen LogP contribution >= 0.6 is 11.3 Å². The Hall–Kier alpha value is -2.51. The van der Waals surface area contributed by atoms with Gasteiger partial charge in [0.15, 0.2) is 0 Å². The van der Waals surface area contributed by atoms with Crippen molar-refractivity contribution in [1.82, 2.24) is 15.1 Å². The second-order valence-corrected chi connectivity index (χ2v) is 6.98. The molecule has 0 aliphatic rings. The molecule has 130 valence electrons. The zero-order valence-corrected chi connectivity index (χ0v) is 14.5. The number of thiophene rings is 1. The van der Waals surface area contributed by atoms with Gasteiger partial charge in [0.05, 0.1) is 18.8 Å². The molecule has 0 bridgehead atoms. The summed E-state index contributed by atoms with van der Waals surface area (Å²) >= 11 is 1.61. The van der Waals surface area contributed by atoms with Gasteiger partial charge < -0.3 is 10.0 Å². The van der Waals surface area contributed by atoms with Crippen LogP contribution in [0.15, 0.2) is 42.5 Å². The van der Waals surface area contributed by atoms with Gasteiger partial charge >= 0.3 is 0 Å². The van der Waals surface area contributed by atoms with Crippen LogP contribution in [0.3, 0.4) is 0 Å². The van der Waals surface area contributed by atoms with Crippen molar-refractivity contribution in [1.29, 1.82) is 0 Å². The largest absolute Gasteiger partial charge is 0.395 e. The lowest BCUT2D eigenvalue weighted by atomic mass is 10.1. The van der Waals surface area contributed by atoms with E-state index in [0.29, 0.717) is 17.8 Å². The van der Waals surface area contributed by atoms with E-state index in [2.05, 4.69) is 10.2 Å². The highest BCUT2D eigenvalue weighted by Crippen LogP contribution is 2.22. The lowest BCUT2D eigenvalue weighted by molar-refractivity contribution is 0.0704. The quantitative estimate of drug-likeness (QED) is 0.710. The number of hydrogen-bond donors (Lipinski definition) is 2. The van der Waals surface area contributed by atoms with Crippen LogP contribution in [0.25, 0.3) is 11.3 Å². The lowest BCUT2D eigenvalue weighted by Gasteiger charge is -2.20. The van der Waals surface area contributed by atoms with Crippen molar-refractivity contribution in [3.63, 3.8) is 0 Å². The third kappa shape index (κ3) is 3.94. The van der Waals surface area contributed by atoms with Crippen LogP contribution in [-0.4, -0.2) is 39.3 Å². The Kier molecular flexibility index (Phi) is 5.25. The Morgan fingerprint density at radius 3 is 2.80 bits per heavy atom. The molecule has 7 heteroatoms. The average Bonchev–Trinajstić information content (AvgIpc) is 3.23. The third-order valence-corrected chi connectivity index (χ3v) is 4.74. The first-order valence-corrected chi connectivity index (χ1v) is 8.66. The summed E-state index contributed by atoms with van der Waals surface area (Å²) in [5.74, 6) is -0.676. The number of nitrogens with one attached hydrogen (secondary N) is 1. The van der Waals surface area contributed by atoms with Gasteiger partial charge in [-0.2, -0.15) is 5.10 Å². The van der Waals surface area contributed by atoms with Gasteiger partial charge in [0.2, 0.25) is 0 Å². The van der Waals surface area contributed by atoms with Gasteiger partial charge in [-0.15, -0.1) is 11.3 Å². The number of H-pyrrole nitrogens is 1. The topological polar surface area (TPSA) is 69.2 Å². The Morgan fingerprint density at radius 1 is 1.32 bits per heavy atom. The molecule has 0 aliphatic carbocycles. The molecule has 0 aliphatic heterocycles. The molecule has 0 saturated carbocycles. The first-order valence-electron chi connectivity index (χ1n) is 7.84. The van der Waals surface area contributed by atoms with Crippen molar-refractivity contribution >= 4 is 17.2 Å². The summed E-state index contributed by atoms with van der Waals surface area (Å²) in [5.41, 5.74) is 0.970. The van der Waals surface area contributed by atoms with Crippen LogP contribution in [0, 0.1) is 12.7 Å². The van der Waals surface area contributed by atoms with Gasteiger partial charge in [-0.05, 0) is 37.3 Å². The summed E-state index contributed by atoms with van der Waals surface area (Å²) < 4.78 is 13.9. The van der Waals surface area contributed by atoms with E-state index in [1.807, 2.05) is 19.1 Å². The van der Waals surface area contributed by atoms with Gasteiger partial charge in [0.1, 0.15) is 11.5 Å². The first-order chi connectivity index (χ1) is 12.1. The molecule has 0 saturated heterocycles. The Bertz CT molecular complexity index is 875. The van der Waals surface area contributed by atoms with E-state index < -0.39 is 5.82 Å². The maximum atomic E-state index is 13.9. The van der Waals surface area contributed by atoms with E-state index in [1.165, 1.54) is 12.1 Å². The molecule has 0 spiro atoms. The predicted octanol–water partition coefficient (Wildman–Crippen LogP) is 3.22. The molecule has 0 radical (unpaired) electrons. The van der Waals surface area contributed by atoms with Crippen LogP contribution < -0.4 is 0 Å². The molecule has 3 rings (SSSR count). The standard InChI is InChI=1S/C18H18FN3O2S/c1-12-6-7-13(25-12)11-22(8-9-23)18(24)17-10-16(20-21-17)14-4-2-3-5-15(14)19/h2-7,10,23H,8-9,11H2,1H3,(H,20,21). The molecule has 2 aromatic heterocycles. The van der Waals surface area contributed by atoms with Crippen LogP contribution in [0.4, 0.5) is 4.39 Å². The van der Waals surface area contributed by atoms with Gasteiger partial charge in [0, 0.05) is 21.9 Å². The van der Waals surface area contributed by atoms with Crippen molar-refractivity contribution < 1.29 is 14.3 Å². The van der Waals surface area contributed by atoms with Crippen molar-refractivity contribution in [2.75, 3.05) is 13.2 Å². The Morgan fingerprint density at radius 2 is 2.12 bits per heavy atom. The highest BCUT2D eigenvalue weighted by Gasteiger charge is 2.20. The SMILES string of the molecule is Cc1ccc(CN(CCO)C(=O)c2cc(-c3ccccc3F)n[nH]2)s1. The number of rotatable bonds is 6. The van der Waals surface area contributed by atoms with Gasteiger partial charge in [-0.1, -0.05) is 12.1 Å². The molecule has 0 unspecified atom stereocenters. The molecule has 0 fully saturated rings. The molecule has 25 heavy (non-hydrogen) atoms. The molecule has 3 aromatic rings. The number of hydrogen-bond acceptors (Lipinski definition) is 4. The molecule has 1 aromatic carbocycles. The molecule has 0 atom stereocenters. The smallest absolute Gasteiger partial charge is 0.272 e. The Balaban J connectivity index is 1.81. The van der Waals surface area contributed by atoms with Crippen molar-refractivity contribution in [3.8, 4) is 11.3 Å². The minimum Gasteiger partial charge on any atom is -0.395 e. The summed E-state index contributed by atoms with van der Waals surface area (Å²) in [6.07, 6.45) is 0. The fourth-order valence-electron chi connectivity index (χ4n) is 2.54. The van der Waals surface area contributed by atoms with E-state index in [9.17, 15) is 14.3 Å². The maximum Gasteiger partial charge on any atom is 0.272 e. The fraction of sp³-hybridized carbons (Fsp3) is 0.222. The summed E-state index contributed by atoms with van der Waals surface area (Å²) in [6.45, 7) is 2.49. The number of aromatic nitrogens is 2. The number of carbonyl (C=O) groups excluding carboxylic acids is 1. The highest BCUT2D eigenvalue weighted by atomic mass is 32.1. The van der Waals surface area contributed by atoms with E-state index in [1.54, 1.807) is 34.4 Å². The third-order valence-electron chi connectivity index (χ3n) is 3.76. The number of aliphatic hydroxyl groups is 1. The van der Waals surface area contributed by atoms with Crippen molar-refractivity contribution in [2.45, 2.75) is 13.5 Å². The minimum atomic E-state index is -0.394. The van der Waals surface area contributed by atoms with Crippen molar-refractivity contribution in [3.05, 3.63) is 63.7 Å². The van der Waals surface area contributed by atoms with E-state index >= 15 is 0 Å². The summed E-state index contributed by atoms with van der Waals surface area (Å²) in [7, 11) is 0. The number of aromatic amines is 1. The summed E-state index contributed by atoms with van der Waals surface area (Å²) in [4.78, 5) is 16.5. The number of aryl methyl sites for hydroxylation is 1. The van der Waals surface area contributed by atoms with E-state index in [4.69, 9.17) is 0 Å². The highest BCUT2D eigenvalue weighted by molar-refractivity contribution is 7.11. The second kappa shape index (κ2) is 7.58. The number of amides is 1. The second-order valence-electron chi connectivity index (χ2n) is 5.61. The van der Waals surface area contributed by atoms with Gasteiger partial charge in [-0.3, -0.25) is 9.89 Å². The fourth-order valence-corrected chi connectivity index (χ4v) is 3.45. The number of aliphatic hydroxyl groups excluding tert-OH is 1. The molecule has 1 amide bonds. The lowest BCUT2D eigenvalue weighted by Crippen LogP contribution is -2.33. The predicted molar refractivity (Wildman–Crippen MR) is 94.9 cm³/mol. The molecule has 5 nitrogen and oxygen atoms in total. The number of benzene rings is 1. The van der Waals surface area contributed by atoms with E-state index in [-0.39, 0.29) is 24.8 Å². The van der Waals surface area contributed by atoms with Crippen LogP contribution in [0.2, 0.25) is 0 Å². The van der Waals surface area contributed by atoms with Crippen LogP contribution in [-0.2, 0) is 6.54 Å². The zero-order valence-electron chi connectivity index (χ0n) is 13.7. The molecular weight excluding hydrogens is 341 g/mol. The van der Waals surface area contributed by atoms with Crippen LogP contribution in [0.1, 0.15) is 20.2 Å². The number of halogens is 1. The summed E-state index contributed by atoms with van der Waals surface area (Å²) in [5, 5.41) is 16.0. The maximum absolute atomic E-state index is 13.9. The van der Waals surface area contributed by atoms with Gasteiger partial charge in [-0.25, -0.2) is 4.39 Å². The number of nitrogens with zero attached hydrogens (tertiary/aromatic N) is 2. The monoisotopic (exact) mass is 359 g/mol. The zero-order chi connectivity index (χ0) is 17.8. The van der Waals surface area contributed by atoms with E-state index in [0.717, 1.165) is 9.75 Å². The average molecular weight is 359 g/mol. The number of carbonyl (C=O) groups is 1. The Labute approximate surface area is 148 Å².